The van der Waals surface area contributed by atoms with Gasteiger partial charge in [0, 0.05) is 6.54 Å². The molecule has 2 unspecified atom stereocenters. The highest BCUT2D eigenvalue weighted by atomic mass is 16.3. The molecule has 1 aromatic carbocycles. The van der Waals surface area contributed by atoms with E-state index in [1.165, 1.54) is 0 Å². The number of ketones is 1. The van der Waals surface area contributed by atoms with E-state index >= 15 is 0 Å². The zero-order valence-corrected chi connectivity index (χ0v) is 13.0. The number of hydrogen-bond acceptors (Lipinski definition) is 5. The first kappa shape index (κ1) is 16.8. The van der Waals surface area contributed by atoms with Crippen LogP contribution in [0.3, 0.4) is 0 Å². The molecule has 2 atom stereocenters. The van der Waals surface area contributed by atoms with E-state index < -0.39 is 29.2 Å². The van der Waals surface area contributed by atoms with E-state index in [1.54, 1.807) is 19.1 Å². The third-order valence-corrected chi connectivity index (χ3v) is 3.73. The Balaban J connectivity index is 2.42. The van der Waals surface area contributed by atoms with Crippen molar-refractivity contribution >= 4 is 23.3 Å². The summed E-state index contributed by atoms with van der Waals surface area (Å²) in [5, 5.41) is 13.0. The van der Waals surface area contributed by atoms with Crippen molar-refractivity contribution in [2.45, 2.75) is 26.0 Å². The van der Waals surface area contributed by atoms with E-state index in [9.17, 15) is 19.5 Å². The summed E-state index contributed by atoms with van der Waals surface area (Å²) < 4.78 is 0. The van der Waals surface area contributed by atoms with Gasteiger partial charge in [0.2, 0.25) is 17.5 Å². The second-order valence-corrected chi connectivity index (χ2v) is 5.48. The van der Waals surface area contributed by atoms with Crippen LogP contribution in [-0.4, -0.2) is 40.7 Å². The van der Waals surface area contributed by atoms with Gasteiger partial charge in [0.25, 0.3) is 0 Å². The third-order valence-electron chi connectivity index (χ3n) is 3.73. The van der Waals surface area contributed by atoms with Crippen LogP contribution in [0.25, 0.3) is 0 Å². The number of nitrogens with one attached hydrogen (secondary N) is 1. The minimum absolute atomic E-state index is 0.164. The van der Waals surface area contributed by atoms with E-state index in [2.05, 4.69) is 10.3 Å². The summed E-state index contributed by atoms with van der Waals surface area (Å²) in [5.41, 5.74) is 4.78. The fourth-order valence-corrected chi connectivity index (χ4v) is 2.51. The highest BCUT2D eigenvalue weighted by Crippen LogP contribution is 2.30. The number of rotatable bonds is 5. The number of aliphatic hydroxyl groups is 1. The number of aliphatic imine (C=N–C) groups is 1. The maximum atomic E-state index is 12.2. The smallest absolute Gasteiger partial charge is 0.238 e. The molecule has 1 heterocycles. The van der Waals surface area contributed by atoms with Crippen molar-refractivity contribution in [1.82, 2.24) is 5.32 Å². The van der Waals surface area contributed by atoms with Crippen molar-refractivity contribution in [2.75, 3.05) is 6.54 Å². The van der Waals surface area contributed by atoms with Crippen LogP contribution in [0.15, 0.2) is 29.3 Å². The number of primary amides is 1. The largest absolute Gasteiger partial charge is 0.369 e. The molecule has 0 radical (unpaired) electrons. The topological polar surface area (TPSA) is 122 Å². The fourth-order valence-electron chi connectivity index (χ4n) is 2.51. The first-order valence-electron chi connectivity index (χ1n) is 7.28. The van der Waals surface area contributed by atoms with E-state index in [1.807, 2.05) is 19.1 Å². The van der Waals surface area contributed by atoms with Crippen molar-refractivity contribution < 1.29 is 19.5 Å². The predicted molar refractivity (Wildman–Crippen MR) is 83.7 cm³/mol. The van der Waals surface area contributed by atoms with Gasteiger partial charge in [-0.05, 0) is 19.4 Å². The number of amides is 2. The lowest BCUT2D eigenvalue weighted by Gasteiger charge is -2.24. The maximum Gasteiger partial charge on any atom is 0.238 e. The average molecular weight is 317 g/mol. The Bertz CT molecular complexity index is 681. The van der Waals surface area contributed by atoms with Gasteiger partial charge in [-0.1, -0.05) is 29.8 Å². The Kier molecular flexibility index (Phi) is 4.60. The molecule has 0 saturated heterocycles. The highest BCUT2D eigenvalue weighted by Gasteiger charge is 2.54. The highest BCUT2D eigenvalue weighted by molar-refractivity contribution is 6.20. The van der Waals surface area contributed by atoms with Gasteiger partial charge in [-0.3, -0.25) is 14.4 Å². The van der Waals surface area contributed by atoms with Crippen LogP contribution in [0.1, 0.15) is 24.5 Å². The van der Waals surface area contributed by atoms with Crippen LogP contribution < -0.4 is 11.1 Å². The number of aryl methyl sites for hydroxylation is 1. The predicted octanol–water partition coefficient (Wildman–Crippen LogP) is -0.317. The third kappa shape index (κ3) is 3.14. The zero-order chi connectivity index (χ0) is 17.2. The number of nitrogens with zero attached hydrogens (tertiary/aromatic N) is 1. The van der Waals surface area contributed by atoms with Crippen LogP contribution in [0.5, 0.6) is 0 Å². The molecule has 1 aliphatic rings. The van der Waals surface area contributed by atoms with Gasteiger partial charge in [0.15, 0.2) is 11.7 Å². The molecular formula is C16H19N3O4. The molecule has 7 nitrogen and oxygen atoms in total. The lowest BCUT2D eigenvalue weighted by atomic mass is 9.90. The minimum atomic E-state index is -2.45. The first-order valence-corrected chi connectivity index (χ1v) is 7.28. The van der Waals surface area contributed by atoms with E-state index in [-0.39, 0.29) is 13.0 Å². The summed E-state index contributed by atoms with van der Waals surface area (Å²) >= 11 is 0. The van der Waals surface area contributed by atoms with Crippen molar-refractivity contribution in [1.29, 1.82) is 0 Å². The summed E-state index contributed by atoms with van der Waals surface area (Å²) in [5.74, 6) is -4.38. The Labute approximate surface area is 133 Å². The summed E-state index contributed by atoms with van der Waals surface area (Å²) in [6, 6.07) is 7.21. The van der Waals surface area contributed by atoms with E-state index in [0.29, 0.717) is 11.3 Å². The van der Waals surface area contributed by atoms with Crippen LogP contribution in [0.2, 0.25) is 0 Å². The van der Waals surface area contributed by atoms with Gasteiger partial charge >= 0.3 is 0 Å². The Morgan fingerprint density at radius 3 is 2.52 bits per heavy atom. The second kappa shape index (κ2) is 6.29. The van der Waals surface area contributed by atoms with Crippen LogP contribution in [0, 0.1) is 12.8 Å². The van der Waals surface area contributed by atoms with E-state index in [4.69, 9.17) is 5.73 Å². The molecule has 0 fully saturated rings. The molecule has 0 spiro atoms. The van der Waals surface area contributed by atoms with Crippen molar-refractivity contribution in [3.8, 4) is 0 Å². The first-order chi connectivity index (χ1) is 10.8. The standard InChI is InChI=1S/C16H19N3O4/c1-3-18-15(22)13(14(17)21)16(23)12(20)8-11(19-16)10-6-4-9(2)5-7-10/h4-7,13,23H,3,8H2,1-2H3,(H2,17,21)(H,18,22). The summed E-state index contributed by atoms with van der Waals surface area (Å²) in [6.07, 6.45) is -0.164. The summed E-state index contributed by atoms with van der Waals surface area (Å²) in [4.78, 5) is 39.9. The molecule has 0 saturated carbocycles. The summed E-state index contributed by atoms with van der Waals surface area (Å²) in [6.45, 7) is 3.80. The maximum absolute atomic E-state index is 12.2. The van der Waals surface area contributed by atoms with E-state index in [0.717, 1.165) is 5.56 Å². The average Bonchev–Trinajstić information content (AvgIpc) is 2.75. The quantitative estimate of drug-likeness (QED) is 0.644. The molecule has 0 aromatic heterocycles. The van der Waals surface area contributed by atoms with Crippen molar-refractivity contribution in [2.24, 2.45) is 16.6 Å². The van der Waals surface area contributed by atoms with Crippen molar-refractivity contribution in [3.05, 3.63) is 35.4 Å². The molecule has 4 N–H and O–H groups in total. The normalized spacial score (nSPS) is 21.7. The van der Waals surface area contributed by atoms with Gasteiger partial charge < -0.3 is 16.2 Å². The number of carbonyl (C=O) groups excluding carboxylic acids is 3. The van der Waals surface area contributed by atoms with Crippen LogP contribution >= 0.6 is 0 Å². The molecule has 0 bridgehead atoms. The molecule has 2 amide bonds. The van der Waals surface area contributed by atoms with Gasteiger partial charge in [0.1, 0.15) is 0 Å². The van der Waals surface area contributed by atoms with Gasteiger partial charge in [-0.2, -0.15) is 0 Å². The molecule has 0 aliphatic carbocycles. The molecule has 7 heteroatoms. The Hall–Kier alpha value is -2.54. The minimum Gasteiger partial charge on any atom is -0.369 e. The van der Waals surface area contributed by atoms with Gasteiger partial charge in [0.05, 0.1) is 12.1 Å². The molecule has 122 valence electrons. The van der Waals surface area contributed by atoms with Crippen LogP contribution in [0.4, 0.5) is 0 Å². The SMILES string of the molecule is CCNC(=O)C(C(N)=O)C1(O)N=C(c2ccc(C)cc2)CC1=O. The monoisotopic (exact) mass is 317 g/mol. The molecular weight excluding hydrogens is 298 g/mol. The fraction of sp³-hybridized carbons (Fsp3) is 0.375. The summed E-state index contributed by atoms with van der Waals surface area (Å²) in [7, 11) is 0. The zero-order valence-electron chi connectivity index (χ0n) is 13.0. The molecule has 2 rings (SSSR count). The molecule has 1 aromatic rings. The lowest BCUT2D eigenvalue weighted by Crippen LogP contribution is -2.54. The Morgan fingerprint density at radius 1 is 1.39 bits per heavy atom. The number of benzene rings is 1. The van der Waals surface area contributed by atoms with Gasteiger partial charge in [-0.25, -0.2) is 4.99 Å². The van der Waals surface area contributed by atoms with Gasteiger partial charge in [-0.15, -0.1) is 0 Å². The molecule has 23 heavy (non-hydrogen) atoms. The number of Topliss-reactive ketones (excluding diaryl/α,β-unsaturated/α-hetero) is 1. The number of nitrogens with two attached hydrogens (primary N) is 1. The number of carbonyl (C=O) groups is 3. The van der Waals surface area contributed by atoms with Crippen molar-refractivity contribution in [3.63, 3.8) is 0 Å². The second-order valence-electron chi connectivity index (χ2n) is 5.48. The number of hydrogen-bond donors (Lipinski definition) is 3. The molecule has 1 aliphatic heterocycles. The van der Waals surface area contributed by atoms with Crippen LogP contribution in [-0.2, 0) is 14.4 Å². The lowest BCUT2D eigenvalue weighted by molar-refractivity contribution is -0.154. The Morgan fingerprint density at radius 2 is 2.00 bits per heavy atom.